The Kier molecular flexibility index (Phi) is 3.25. The van der Waals surface area contributed by atoms with E-state index >= 15 is 0 Å². The number of benzene rings is 1. The van der Waals surface area contributed by atoms with Crippen molar-refractivity contribution < 1.29 is 4.57 Å². The normalized spacial score (nSPS) is 11.6. The van der Waals surface area contributed by atoms with E-state index in [-0.39, 0.29) is 5.41 Å². The standard InChI is InChI=1S/C17H22N/c1-13-9-6-7-10-14(13)15-11-8-12-16(18(15)5)17(2,3)4/h6-12H,1-5H3/q+1. The zero-order chi connectivity index (χ0) is 13.3. The van der Waals surface area contributed by atoms with Crippen LogP contribution in [0.15, 0.2) is 42.5 Å². The van der Waals surface area contributed by atoms with E-state index in [2.05, 4.69) is 81.8 Å². The first-order chi connectivity index (χ1) is 8.41. The van der Waals surface area contributed by atoms with Gasteiger partial charge in [0.2, 0.25) is 5.69 Å². The van der Waals surface area contributed by atoms with E-state index < -0.39 is 0 Å². The number of nitrogens with zero attached hydrogens (tertiary/aromatic N) is 1. The van der Waals surface area contributed by atoms with Crippen LogP contribution in [0.4, 0.5) is 0 Å². The summed E-state index contributed by atoms with van der Waals surface area (Å²) in [5.74, 6) is 0. The van der Waals surface area contributed by atoms with E-state index in [1.54, 1.807) is 0 Å². The number of pyridine rings is 1. The zero-order valence-corrected chi connectivity index (χ0v) is 12.0. The second-order valence-corrected chi connectivity index (χ2v) is 5.92. The lowest BCUT2D eigenvalue weighted by Gasteiger charge is -2.17. The Morgan fingerprint density at radius 1 is 0.889 bits per heavy atom. The topological polar surface area (TPSA) is 3.88 Å². The molecule has 1 heterocycles. The average Bonchev–Trinajstić information content (AvgIpc) is 2.29. The van der Waals surface area contributed by atoms with Gasteiger partial charge in [-0.1, -0.05) is 39.0 Å². The molecule has 0 bridgehead atoms. The SMILES string of the molecule is Cc1ccccc1-c1cccc(C(C)(C)C)[n+]1C. The molecule has 1 nitrogen and oxygen atoms in total. The maximum atomic E-state index is 2.31. The third-order valence-electron chi connectivity index (χ3n) is 3.42. The lowest BCUT2D eigenvalue weighted by Crippen LogP contribution is -2.41. The second kappa shape index (κ2) is 4.56. The minimum absolute atomic E-state index is 0.160. The fourth-order valence-corrected chi connectivity index (χ4v) is 2.47. The van der Waals surface area contributed by atoms with Crippen LogP contribution in [0.25, 0.3) is 11.3 Å². The average molecular weight is 240 g/mol. The van der Waals surface area contributed by atoms with Gasteiger partial charge in [-0.05, 0) is 24.6 Å². The molecule has 0 saturated carbocycles. The van der Waals surface area contributed by atoms with Gasteiger partial charge in [0.25, 0.3) is 0 Å². The van der Waals surface area contributed by atoms with Crippen molar-refractivity contribution in [1.82, 2.24) is 0 Å². The summed E-state index contributed by atoms with van der Waals surface area (Å²) >= 11 is 0. The Hall–Kier alpha value is -1.63. The van der Waals surface area contributed by atoms with Crippen molar-refractivity contribution in [1.29, 1.82) is 0 Å². The highest BCUT2D eigenvalue weighted by Crippen LogP contribution is 2.24. The van der Waals surface area contributed by atoms with Gasteiger partial charge in [0.05, 0.1) is 0 Å². The van der Waals surface area contributed by atoms with Crippen LogP contribution < -0.4 is 4.57 Å². The van der Waals surface area contributed by atoms with E-state index in [1.807, 2.05) is 0 Å². The molecule has 94 valence electrons. The molecular formula is C17H22N+. The number of aromatic nitrogens is 1. The molecule has 1 heteroatoms. The maximum absolute atomic E-state index is 2.31. The molecule has 0 N–H and O–H groups in total. The Morgan fingerprint density at radius 3 is 2.17 bits per heavy atom. The molecule has 0 amide bonds. The van der Waals surface area contributed by atoms with Gasteiger partial charge in [-0.3, -0.25) is 0 Å². The summed E-state index contributed by atoms with van der Waals surface area (Å²) < 4.78 is 2.31. The van der Waals surface area contributed by atoms with Gasteiger partial charge >= 0.3 is 0 Å². The summed E-state index contributed by atoms with van der Waals surface area (Å²) in [6, 6.07) is 15.1. The molecule has 2 rings (SSSR count). The quantitative estimate of drug-likeness (QED) is 0.668. The predicted octanol–water partition coefficient (Wildman–Crippen LogP) is 3.78. The largest absolute Gasteiger partial charge is 0.212 e. The van der Waals surface area contributed by atoms with Crippen LogP contribution in [0, 0.1) is 6.92 Å². The molecule has 0 unspecified atom stereocenters. The lowest BCUT2D eigenvalue weighted by atomic mass is 9.90. The number of rotatable bonds is 1. The predicted molar refractivity (Wildman–Crippen MR) is 76.5 cm³/mol. The third-order valence-corrected chi connectivity index (χ3v) is 3.42. The summed E-state index contributed by atoms with van der Waals surface area (Å²) in [4.78, 5) is 0. The monoisotopic (exact) mass is 240 g/mol. The van der Waals surface area contributed by atoms with Crippen LogP contribution in [0.2, 0.25) is 0 Å². The van der Waals surface area contributed by atoms with E-state index in [0.717, 1.165) is 0 Å². The van der Waals surface area contributed by atoms with E-state index in [9.17, 15) is 0 Å². The summed E-state index contributed by atoms with van der Waals surface area (Å²) in [5.41, 5.74) is 5.42. The smallest absolute Gasteiger partial charge is 0.198 e. The van der Waals surface area contributed by atoms with Gasteiger partial charge in [0, 0.05) is 23.1 Å². The minimum Gasteiger partial charge on any atom is -0.198 e. The maximum Gasteiger partial charge on any atom is 0.212 e. The number of hydrogen-bond donors (Lipinski definition) is 0. The molecule has 0 fully saturated rings. The summed E-state index contributed by atoms with van der Waals surface area (Å²) in [6.45, 7) is 8.93. The molecule has 1 aromatic heterocycles. The van der Waals surface area contributed by atoms with Crippen molar-refractivity contribution in [3.05, 3.63) is 53.7 Å². The first-order valence-electron chi connectivity index (χ1n) is 6.47. The molecule has 18 heavy (non-hydrogen) atoms. The molecular weight excluding hydrogens is 218 g/mol. The van der Waals surface area contributed by atoms with Crippen LogP contribution >= 0.6 is 0 Å². The van der Waals surface area contributed by atoms with Gasteiger partial charge in [0.1, 0.15) is 7.05 Å². The molecule has 1 aromatic carbocycles. The molecule has 0 radical (unpaired) electrons. The summed E-state index contributed by atoms with van der Waals surface area (Å²) in [6.07, 6.45) is 0. The molecule has 0 spiro atoms. The van der Waals surface area contributed by atoms with E-state index in [4.69, 9.17) is 0 Å². The van der Waals surface area contributed by atoms with Crippen molar-refractivity contribution in [3.63, 3.8) is 0 Å². The molecule has 0 aliphatic heterocycles. The Labute approximate surface area is 110 Å². The second-order valence-electron chi connectivity index (χ2n) is 5.92. The summed E-state index contributed by atoms with van der Waals surface area (Å²) in [7, 11) is 2.16. The van der Waals surface area contributed by atoms with Gasteiger partial charge in [-0.15, -0.1) is 0 Å². The Balaban J connectivity index is 2.64. The van der Waals surface area contributed by atoms with Crippen LogP contribution in [0.3, 0.4) is 0 Å². The molecule has 0 saturated heterocycles. The van der Waals surface area contributed by atoms with Crippen LogP contribution in [-0.4, -0.2) is 0 Å². The molecule has 0 atom stereocenters. The fraction of sp³-hybridized carbons (Fsp3) is 0.353. The van der Waals surface area contributed by atoms with Gasteiger partial charge in [-0.2, -0.15) is 4.57 Å². The van der Waals surface area contributed by atoms with Crippen LogP contribution in [0.1, 0.15) is 32.0 Å². The van der Waals surface area contributed by atoms with Crippen molar-refractivity contribution in [2.75, 3.05) is 0 Å². The first-order valence-corrected chi connectivity index (χ1v) is 6.47. The minimum atomic E-state index is 0.160. The Bertz CT molecular complexity index is 562. The van der Waals surface area contributed by atoms with E-state index in [0.29, 0.717) is 0 Å². The van der Waals surface area contributed by atoms with Crippen molar-refractivity contribution in [2.45, 2.75) is 33.1 Å². The first kappa shape index (κ1) is 12.8. The van der Waals surface area contributed by atoms with E-state index in [1.165, 1.54) is 22.5 Å². The van der Waals surface area contributed by atoms with Gasteiger partial charge < -0.3 is 0 Å². The van der Waals surface area contributed by atoms with Crippen molar-refractivity contribution in [2.24, 2.45) is 7.05 Å². The number of aryl methyl sites for hydroxylation is 1. The molecule has 0 aliphatic rings. The van der Waals surface area contributed by atoms with Gasteiger partial charge in [0.15, 0.2) is 5.69 Å². The lowest BCUT2D eigenvalue weighted by molar-refractivity contribution is -0.671. The zero-order valence-electron chi connectivity index (χ0n) is 12.0. The molecule has 0 aliphatic carbocycles. The van der Waals surface area contributed by atoms with Crippen molar-refractivity contribution >= 4 is 0 Å². The third kappa shape index (κ3) is 2.31. The van der Waals surface area contributed by atoms with Crippen LogP contribution in [-0.2, 0) is 12.5 Å². The highest BCUT2D eigenvalue weighted by Gasteiger charge is 2.25. The Morgan fingerprint density at radius 2 is 1.56 bits per heavy atom. The van der Waals surface area contributed by atoms with Crippen molar-refractivity contribution in [3.8, 4) is 11.3 Å². The number of hydrogen-bond acceptors (Lipinski definition) is 0. The fourth-order valence-electron chi connectivity index (χ4n) is 2.47. The van der Waals surface area contributed by atoms with Crippen LogP contribution in [0.5, 0.6) is 0 Å². The highest BCUT2D eigenvalue weighted by molar-refractivity contribution is 5.60. The summed E-state index contributed by atoms with van der Waals surface area (Å²) in [5, 5.41) is 0. The van der Waals surface area contributed by atoms with Gasteiger partial charge in [-0.25, -0.2) is 0 Å². The highest BCUT2D eigenvalue weighted by atomic mass is 15.0. The molecule has 2 aromatic rings.